The van der Waals surface area contributed by atoms with Crippen LogP contribution in [0.15, 0.2) is 0 Å². The van der Waals surface area contributed by atoms with Gasteiger partial charge in [0.15, 0.2) is 0 Å². The molecule has 0 aromatic heterocycles. The van der Waals surface area contributed by atoms with Gasteiger partial charge in [-0.3, -0.25) is 4.79 Å². The number of likely N-dealkylation sites (tertiary alicyclic amines) is 1. The van der Waals surface area contributed by atoms with E-state index in [1.807, 2.05) is 13.8 Å². The van der Waals surface area contributed by atoms with E-state index in [1.165, 1.54) is 4.90 Å². The maximum absolute atomic E-state index is 12.0. The lowest BCUT2D eigenvalue weighted by molar-refractivity contribution is -0.157. The van der Waals surface area contributed by atoms with E-state index < -0.39 is 11.5 Å². The molecule has 0 bridgehead atoms. The van der Waals surface area contributed by atoms with Gasteiger partial charge in [-0.2, -0.15) is 0 Å². The molecule has 0 aromatic carbocycles. The molecular weight excluding hydrogens is 222 g/mol. The highest BCUT2D eigenvalue weighted by atomic mass is 16.5. The average Bonchev–Trinajstić information content (AvgIpc) is 2.74. The summed E-state index contributed by atoms with van der Waals surface area (Å²) in [4.78, 5) is 24.9. The van der Waals surface area contributed by atoms with Gasteiger partial charge >= 0.3 is 5.97 Å². The van der Waals surface area contributed by atoms with Crippen molar-refractivity contribution in [3.8, 4) is 0 Å². The first-order valence-corrected chi connectivity index (χ1v) is 6.20. The van der Waals surface area contributed by atoms with Crippen molar-refractivity contribution in [2.45, 2.75) is 45.1 Å². The van der Waals surface area contributed by atoms with Crippen LogP contribution in [0.3, 0.4) is 0 Å². The maximum atomic E-state index is 12.0. The highest BCUT2D eigenvalue weighted by Gasteiger charge is 2.48. The van der Waals surface area contributed by atoms with Gasteiger partial charge in [-0.1, -0.05) is 6.92 Å². The summed E-state index contributed by atoms with van der Waals surface area (Å²) in [5.41, 5.74) is -0.983. The quantitative estimate of drug-likeness (QED) is 0.713. The molecule has 0 aromatic rings. The highest BCUT2D eigenvalue weighted by Crippen LogP contribution is 2.33. The lowest BCUT2D eigenvalue weighted by Crippen LogP contribution is -2.52. The fourth-order valence-electron chi connectivity index (χ4n) is 2.42. The van der Waals surface area contributed by atoms with Crippen LogP contribution in [0.5, 0.6) is 0 Å². The SMILES string of the molecule is CCOCCC(=O)N1CCCC1(CC)C(=O)O. The molecular formula is C12H21NO4. The number of hydrogen-bond donors (Lipinski definition) is 1. The van der Waals surface area contributed by atoms with Gasteiger partial charge in [0.25, 0.3) is 0 Å². The lowest BCUT2D eigenvalue weighted by Gasteiger charge is -2.33. The Bertz CT molecular complexity index is 292. The molecule has 1 fully saturated rings. The van der Waals surface area contributed by atoms with E-state index >= 15 is 0 Å². The van der Waals surface area contributed by atoms with E-state index in [-0.39, 0.29) is 12.3 Å². The summed E-state index contributed by atoms with van der Waals surface area (Å²) in [7, 11) is 0. The molecule has 0 saturated carbocycles. The van der Waals surface area contributed by atoms with Crippen molar-refractivity contribution in [1.82, 2.24) is 4.90 Å². The van der Waals surface area contributed by atoms with Crippen molar-refractivity contribution in [3.05, 3.63) is 0 Å². The Hall–Kier alpha value is -1.10. The minimum Gasteiger partial charge on any atom is -0.479 e. The van der Waals surface area contributed by atoms with Gasteiger partial charge in [0.1, 0.15) is 5.54 Å². The number of ether oxygens (including phenoxy) is 1. The van der Waals surface area contributed by atoms with E-state index in [1.54, 1.807) is 0 Å². The minimum atomic E-state index is -0.983. The second kappa shape index (κ2) is 6.00. The maximum Gasteiger partial charge on any atom is 0.329 e. The molecule has 1 amide bonds. The molecule has 1 atom stereocenters. The number of carboxylic acid groups (broad SMARTS) is 1. The molecule has 1 aliphatic heterocycles. The zero-order valence-electron chi connectivity index (χ0n) is 10.6. The number of amides is 1. The monoisotopic (exact) mass is 243 g/mol. The number of hydrogen-bond acceptors (Lipinski definition) is 3. The van der Waals surface area contributed by atoms with E-state index in [0.717, 1.165) is 6.42 Å². The van der Waals surface area contributed by atoms with Crippen molar-refractivity contribution in [2.24, 2.45) is 0 Å². The highest BCUT2D eigenvalue weighted by molar-refractivity contribution is 5.87. The van der Waals surface area contributed by atoms with Gasteiger partial charge in [0.2, 0.25) is 5.91 Å². The number of rotatable bonds is 6. The molecule has 1 rings (SSSR count). The summed E-state index contributed by atoms with van der Waals surface area (Å²) in [6.45, 7) is 5.18. The van der Waals surface area contributed by atoms with Crippen molar-refractivity contribution in [1.29, 1.82) is 0 Å². The molecule has 1 aliphatic rings. The van der Waals surface area contributed by atoms with Crippen molar-refractivity contribution in [2.75, 3.05) is 19.8 Å². The van der Waals surface area contributed by atoms with Crippen LogP contribution in [0.2, 0.25) is 0 Å². The Kier molecular flexibility index (Phi) is 4.93. The topological polar surface area (TPSA) is 66.8 Å². The van der Waals surface area contributed by atoms with Crippen LogP contribution in [0.25, 0.3) is 0 Å². The predicted molar refractivity (Wildman–Crippen MR) is 62.7 cm³/mol. The summed E-state index contributed by atoms with van der Waals surface area (Å²) in [6.07, 6.45) is 2.05. The zero-order chi connectivity index (χ0) is 12.9. The summed E-state index contributed by atoms with van der Waals surface area (Å²) in [6, 6.07) is 0. The van der Waals surface area contributed by atoms with Crippen molar-refractivity contribution >= 4 is 11.9 Å². The Labute approximate surface area is 102 Å². The first-order chi connectivity index (χ1) is 8.08. The standard InChI is InChI=1S/C12H21NO4/c1-3-12(11(15)16)7-5-8-13(12)10(14)6-9-17-4-2/h3-9H2,1-2H3,(H,15,16). The average molecular weight is 243 g/mol. The minimum absolute atomic E-state index is 0.111. The largest absolute Gasteiger partial charge is 0.479 e. The summed E-state index contributed by atoms with van der Waals surface area (Å²) in [5.74, 6) is -0.998. The Morgan fingerprint density at radius 1 is 1.41 bits per heavy atom. The van der Waals surface area contributed by atoms with E-state index in [0.29, 0.717) is 32.6 Å². The molecule has 17 heavy (non-hydrogen) atoms. The number of carbonyl (C=O) groups excluding carboxylic acids is 1. The van der Waals surface area contributed by atoms with Gasteiger partial charge in [0, 0.05) is 13.2 Å². The van der Waals surface area contributed by atoms with Crippen molar-refractivity contribution < 1.29 is 19.4 Å². The molecule has 5 nitrogen and oxygen atoms in total. The summed E-state index contributed by atoms with van der Waals surface area (Å²) < 4.78 is 5.13. The summed E-state index contributed by atoms with van der Waals surface area (Å²) >= 11 is 0. The third kappa shape index (κ3) is 2.77. The molecule has 1 saturated heterocycles. The molecule has 1 heterocycles. The van der Waals surface area contributed by atoms with Crippen LogP contribution in [-0.2, 0) is 14.3 Å². The van der Waals surface area contributed by atoms with Crippen LogP contribution in [0.1, 0.15) is 39.5 Å². The smallest absolute Gasteiger partial charge is 0.329 e. The van der Waals surface area contributed by atoms with Crippen molar-refractivity contribution in [3.63, 3.8) is 0 Å². The Morgan fingerprint density at radius 2 is 2.12 bits per heavy atom. The molecule has 0 radical (unpaired) electrons. The van der Waals surface area contributed by atoms with Gasteiger partial charge in [-0.15, -0.1) is 0 Å². The fraction of sp³-hybridized carbons (Fsp3) is 0.833. The molecule has 0 aliphatic carbocycles. The molecule has 0 spiro atoms. The third-order valence-electron chi connectivity index (χ3n) is 3.44. The van der Waals surface area contributed by atoms with Crippen LogP contribution in [-0.4, -0.2) is 47.2 Å². The van der Waals surface area contributed by atoms with E-state index in [4.69, 9.17) is 4.74 Å². The van der Waals surface area contributed by atoms with E-state index in [2.05, 4.69) is 0 Å². The molecule has 1 N–H and O–H groups in total. The van der Waals surface area contributed by atoms with Gasteiger partial charge in [-0.25, -0.2) is 4.79 Å². The van der Waals surface area contributed by atoms with Crippen LogP contribution < -0.4 is 0 Å². The van der Waals surface area contributed by atoms with Crippen LogP contribution in [0, 0.1) is 0 Å². The lowest BCUT2D eigenvalue weighted by atomic mass is 9.93. The molecule has 5 heteroatoms. The van der Waals surface area contributed by atoms with Crippen LogP contribution in [0.4, 0.5) is 0 Å². The van der Waals surface area contributed by atoms with Gasteiger partial charge in [-0.05, 0) is 26.2 Å². The zero-order valence-corrected chi connectivity index (χ0v) is 10.6. The Morgan fingerprint density at radius 3 is 2.65 bits per heavy atom. The van der Waals surface area contributed by atoms with Crippen LogP contribution >= 0.6 is 0 Å². The number of carboxylic acids is 1. The number of nitrogens with zero attached hydrogens (tertiary/aromatic N) is 1. The third-order valence-corrected chi connectivity index (χ3v) is 3.44. The second-order valence-corrected chi connectivity index (χ2v) is 4.29. The predicted octanol–water partition coefficient (Wildman–Crippen LogP) is 1.27. The first kappa shape index (κ1) is 14.0. The molecule has 1 unspecified atom stereocenters. The first-order valence-electron chi connectivity index (χ1n) is 6.20. The number of aliphatic carboxylic acids is 1. The van der Waals surface area contributed by atoms with E-state index in [9.17, 15) is 14.7 Å². The fourth-order valence-corrected chi connectivity index (χ4v) is 2.42. The van der Waals surface area contributed by atoms with Gasteiger partial charge < -0.3 is 14.7 Å². The Balaban J connectivity index is 2.67. The van der Waals surface area contributed by atoms with Gasteiger partial charge in [0.05, 0.1) is 13.0 Å². The summed E-state index contributed by atoms with van der Waals surface area (Å²) in [5, 5.41) is 9.33. The molecule has 98 valence electrons. The number of carbonyl (C=O) groups is 2. The normalized spacial score (nSPS) is 24.0. The second-order valence-electron chi connectivity index (χ2n) is 4.29.